The molecule has 0 aliphatic heterocycles. The van der Waals surface area contributed by atoms with Crippen LogP contribution in [0.3, 0.4) is 0 Å². The van der Waals surface area contributed by atoms with Gasteiger partial charge < -0.3 is 4.74 Å². The number of hydrogen-bond donors (Lipinski definition) is 0. The van der Waals surface area contributed by atoms with Crippen LogP contribution in [0.15, 0.2) is 24.1 Å². The van der Waals surface area contributed by atoms with Crippen LogP contribution in [-0.2, 0) is 4.74 Å². The predicted molar refractivity (Wildman–Crippen MR) is 36.9 cm³/mol. The van der Waals surface area contributed by atoms with Gasteiger partial charge in [0.2, 0.25) is 5.70 Å². The first kappa shape index (κ1) is 8.68. The third kappa shape index (κ3) is 2.86. The summed E-state index contributed by atoms with van der Waals surface area (Å²) < 4.78 is 4.60. The second-order valence-corrected chi connectivity index (χ2v) is 1.71. The van der Waals surface area contributed by atoms with Gasteiger partial charge in [-0.05, 0) is 0 Å². The van der Waals surface area contributed by atoms with Gasteiger partial charge in [-0.2, -0.15) is 0 Å². The fourth-order valence-electron chi connectivity index (χ4n) is 0.345. The van der Waals surface area contributed by atoms with Gasteiger partial charge in [-0.25, -0.2) is 0 Å². The summed E-state index contributed by atoms with van der Waals surface area (Å²) in [5, 5.41) is 9.99. The van der Waals surface area contributed by atoms with E-state index >= 15 is 0 Å². The highest BCUT2D eigenvalue weighted by Gasteiger charge is 2.01. The summed E-state index contributed by atoms with van der Waals surface area (Å²) in [6.07, 6.45) is 1.26. The number of rotatable bonds is 3. The van der Waals surface area contributed by atoms with Crippen molar-refractivity contribution < 1.29 is 9.66 Å². The maximum absolute atomic E-state index is 9.99. The fraction of sp³-hybridized carbons (Fsp3) is 0.333. The Bertz CT molecular complexity index is 183. The highest BCUT2D eigenvalue weighted by molar-refractivity contribution is 5.09. The first-order chi connectivity index (χ1) is 4.57. The second-order valence-electron chi connectivity index (χ2n) is 1.71. The normalized spacial score (nSPS) is 10.8. The van der Waals surface area contributed by atoms with Gasteiger partial charge in [-0.3, -0.25) is 10.1 Å². The summed E-state index contributed by atoms with van der Waals surface area (Å²) in [5.41, 5.74) is 0.0202. The zero-order valence-corrected chi connectivity index (χ0v) is 5.96. The molecular formula is C6H9NO3. The van der Waals surface area contributed by atoms with Crippen LogP contribution in [0.4, 0.5) is 0 Å². The third-order valence-corrected chi connectivity index (χ3v) is 0.920. The number of methoxy groups -OCH3 is 1. The quantitative estimate of drug-likeness (QED) is 0.259. The highest BCUT2D eigenvalue weighted by Crippen LogP contribution is 1.99. The Morgan fingerprint density at radius 3 is 2.60 bits per heavy atom. The Morgan fingerprint density at radius 2 is 2.30 bits per heavy atom. The number of ether oxygens (including phenoxy) is 1. The van der Waals surface area contributed by atoms with E-state index < -0.39 is 4.92 Å². The average molecular weight is 143 g/mol. The highest BCUT2D eigenvalue weighted by atomic mass is 16.6. The maximum atomic E-state index is 9.99. The van der Waals surface area contributed by atoms with Gasteiger partial charge in [-0.15, -0.1) is 0 Å². The van der Waals surface area contributed by atoms with E-state index in [0.717, 1.165) is 0 Å². The van der Waals surface area contributed by atoms with Crippen molar-refractivity contribution in [1.29, 1.82) is 0 Å². The number of allylic oxidation sites excluding steroid dienone is 2. The lowest BCUT2D eigenvalue weighted by atomic mass is 10.4. The maximum Gasteiger partial charge on any atom is 0.246 e. The van der Waals surface area contributed by atoms with Crippen LogP contribution in [0.2, 0.25) is 0 Å². The van der Waals surface area contributed by atoms with Crippen molar-refractivity contribution in [3.05, 3.63) is 34.2 Å². The van der Waals surface area contributed by atoms with Crippen LogP contribution >= 0.6 is 0 Å². The van der Waals surface area contributed by atoms with E-state index in [1.54, 1.807) is 0 Å². The topological polar surface area (TPSA) is 52.4 Å². The van der Waals surface area contributed by atoms with E-state index in [2.05, 4.69) is 11.3 Å². The minimum absolute atomic E-state index is 0.0202. The lowest BCUT2D eigenvalue weighted by molar-refractivity contribution is -0.424. The van der Waals surface area contributed by atoms with Gasteiger partial charge in [0.25, 0.3) is 0 Å². The molecule has 0 saturated heterocycles. The predicted octanol–water partition coefficient (Wildman–Crippen LogP) is 1.33. The third-order valence-electron chi connectivity index (χ3n) is 0.920. The lowest BCUT2D eigenvalue weighted by Gasteiger charge is -1.94. The van der Waals surface area contributed by atoms with Crippen molar-refractivity contribution in [2.75, 3.05) is 7.11 Å². The van der Waals surface area contributed by atoms with Crippen LogP contribution in [0.25, 0.3) is 0 Å². The van der Waals surface area contributed by atoms with Crippen LogP contribution in [-0.4, -0.2) is 12.0 Å². The molecule has 0 aromatic rings. The number of nitrogens with zero attached hydrogens (tertiary/aromatic N) is 1. The fourth-order valence-corrected chi connectivity index (χ4v) is 0.345. The zero-order chi connectivity index (χ0) is 8.15. The molecular weight excluding hydrogens is 134 g/mol. The molecule has 0 aromatic carbocycles. The summed E-state index contributed by atoms with van der Waals surface area (Å²) in [4.78, 5) is 9.50. The van der Waals surface area contributed by atoms with Gasteiger partial charge in [0.05, 0.1) is 18.1 Å². The average Bonchev–Trinajstić information content (AvgIpc) is 1.87. The van der Waals surface area contributed by atoms with E-state index in [1.807, 2.05) is 0 Å². The minimum Gasteiger partial charge on any atom is -0.497 e. The van der Waals surface area contributed by atoms with E-state index in [9.17, 15) is 10.1 Å². The molecule has 0 N–H and O–H groups in total. The smallest absolute Gasteiger partial charge is 0.246 e. The molecule has 0 aliphatic carbocycles. The van der Waals surface area contributed by atoms with Crippen LogP contribution in [0, 0.1) is 10.1 Å². The monoisotopic (exact) mass is 143 g/mol. The van der Waals surface area contributed by atoms with Crippen LogP contribution in [0.5, 0.6) is 0 Å². The van der Waals surface area contributed by atoms with E-state index in [1.165, 1.54) is 20.1 Å². The summed E-state index contributed by atoms with van der Waals surface area (Å²) in [6, 6.07) is 0. The van der Waals surface area contributed by atoms with E-state index in [4.69, 9.17) is 0 Å². The Balaban J connectivity index is 4.16. The molecule has 0 rings (SSSR count). The molecule has 4 heteroatoms. The first-order valence-electron chi connectivity index (χ1n) is 2.63. The van der Waals surface area contributed by atoms with E-state index in [-0.39, 0.29) is 11.5 Å². The SMILES string of the molecule is C=C(/C=C(\C)[N+](=O)[O-])OC. The Kier molecular flexibility index (Phi) is 3.17. The van der Waals surface area contributed by atoms with Gasteiger partial charge in [0, 0.05) is 6.92 Å². The molecule has 10 heavy (non-hydrogen) atoms. The molecule has 0 atom stereocenters. The Hall–Kier alpha value is -1.32. The molecule has 0 fully saturated rings. The molecule has 0 radical (unpaired) electrons. The summed E-state index contributed by atoms with van der Waals surface area (Å²) in [7, 11) is 1.41. The summed E-state index contributed by atoms with van der Waals surface area (Å²) in [5.74, 6) is 0.286. The molecule has 0 spiro atoms. The summed E-state index contributed by atoms with van der Waals surface area (Å²) >= 11 is 0. The van der Waals surface area contributed by atoms with Crippen molar-refractivity contribution in [3.8, 4) is 0 Å². The molecule has 0 unspecified atom stereocenters. The molecule has 4 nitrogen and oxygen atoms in total. The van der Waals surface area contributed by atoms with Crippen LogP contribution in [0.1, 0.15) is 6.92 Å². The van der Waals surface area contributed by atoms with Gasteiger partial charge in [-0.1, -0.05) is 6.58 Å². The van der Waals surface area contributed by atoms with Gasteiger partial charge >= 0.3 is 0 Å². The lowest BCUT2D eigenvalue weighted by Crippen LogP contribution is -1.94. The Morgan fingerprint density at radius 1 is 1.80 bits per heavy atom. The molecule has 0 heterocycles. The first-order valence-corrected chi connectivity index (χ1v) is 2.63. The molecule has 0 bridgehead atoms. The van der Waals surface area contributed by atoms with Crippen molar-refractivity contribution in [3.63, 3.8) is 0 Å². The number of hydrogen-bond acceptors (Lipinski definition) is 3. The molecule has 56 valence electrons. The van der Waals surface area contributed by atoms with Crippen molar-refractivity contribution in [2.45, 2.75) is 6.92 Å². The summed E-state index contributed by atoms with van der Waals surface area (Å²) in [6.45, 7) is 4.77. The van der Waals surface area contributed by atoms with E-state index in [0.29, 0.717) is 0 Å². The largest absolute Gasteiger partial charge is 0.497 e. The Labute approximate surface area is 59.0 Å². The van der Waals surface area contributed by atoms with Crippen LogP contribution < -0.4 is 0 Å². The van der Waals surface area contributed by atoms with Gasteiger partial charge in [0.15, 0.2) is 0 Å². The molecule has 0 saturated carbocycles. The second kappa shape index (κ2) is 3.66. The molecule has 0 amide bonds. The zero-order valence-electron chi connectivity index (χ0n) is 5.96. The van der Waals surface area contributed by atoms with Crippen molar-refractivity contribution in [2.24, 2.45) is 0 Å². The van der Waals surface area contributed by atoms with Gasteiger partial charge in [0.1, 0.15) is 5.76 Å². The molecule has 0 aliphatic rings. The molecule has 0 aromatic heterocycles. The number of nitro groups is 1. The van der Waals surface area contributed by atoms with Crippen molar-refractivity contribution in [1.82, 2.24) is 0 Å². The standard InChI is InChI=1S/C6H9NO3/c1-5(7(8)9)4-6(2)10-3/h4H,2H2,1,3H3/b5-4+. The minimum atomic E-state index is -0.496. The van der Waals surface area contributed by atoms with Crippen molar-refractivity contribution >= 4 is 0 Å².